The highest BCUT2D eigenvalue weighted by molar-refractivity contribution is 7.92. The Bertz CT molecular complexity index is 739. The van der Waals surface area contributed by atoms with Gasteiger partial charge in [-0.15, -0.1) is 0 Å². The maximum Gasteiger partial charge on any atom is 0.243 e. The monoisotopic (exact) mass is 318 g/mol. The fourth-order valence-electron chi connectivity index (χ4n) is 2.33. The average Bonchev–Trinajstić information content (AvgIpc) is 2.62. The molecule has 1 atom stereocenters. The zero-order valence-electron chi connectivity index (χ0n) is 11.4. The lowest BCUT2D eigenvalue weighted by Crippen LogP contribution is -2.36. The summed E-state index contributed by atoms with van der Waals surface area (Å²) in [7, 11) is -6.95. The first-order valence-electron chi connectivity index (χ1n) is 6.21. The molecule has 8 heteroatoms. The highest BCUT2D eigenvalue weighted by Crippen LogP contribution is 2.26. The molecule has 6 nitrogen and oxygen atoms in total. The van der Waals surface area contributed by atoms with Gasteiger partial charge in [0.15, 0.2) is 9.84 Å². The van der Waals surface area contributed by atoms with Crippen LogP contribution in [0.5, 0.6) is 0 Å². The van der Waals surface area contributed by atoms with Gasteiger partial charge < -0.3 is 5.73 Å². The smallest absolute Gasteiger partial charge is 0.243 e. The first kappa shape index (κ1) is 15.3. The molecule has 1 aliphatic rings. The minimum Gasteiger partial charge on any atom is -0.398 e. The second-order valence-corrected chi connectivity index (χ2v) is 9.03. The van der Waals surface area contributed by atoms with Crippen LogP contribution in [0.15, 0.2) is 17.0 Å². The Labute approximate surface area is 119 Å². The highest BCUT2D eigenvalue weighted by atomic mass is 32.2. The molecular formula is C12H18N2O4S2. The van der Waals surface area contributed by atoms with Crippen LogP contribution in [0, 0.1) is 13.8 Å². The molecule has 0 aromatic heterocycles. The average molecular weight is 318 g/mol. The van der Waals surface area contributed by atoms with E-state index in [-0.39, 0.29) is 22.1 Å². The van der Waals surface area contributed by atoms with Gasteiger partial charge in [0.25, 0.3) is 0 Å². The number of hydrogen-bond donors (Lipinski definition) is 2. The van der Waals surface area contributed by atoms with Crippen molar-refractivity contribution in [3.8, 4) is 0 Å². The lowest BCUT2D eigenvalue weighted by molar-refractivity contribution is 0.562. The summed E-state index contributed by atoms with van der Waals surface area (Å²) < 4.78 is 50.0. The Kier molecular flexibility index (Phi) is 3.83. The Morgan fingerprint density at radius 2 is 1.95 bits per heavy atom. The van der Waals surface area contributed by atoms with Crippen molar-refractivity contribution in [3.63, 3.8) is 0 Å². The molecule has 3 N–H and O–H groups in total. The largest absolute Gasteiger partial charge is 0.398 e. The normalized spacial score (nSPS) is 22.0. The molecule has 20 heavy (non-hydrogen) atoms. The Balaban J connectivity index is 2.35. The van der Waals surface area contributed by atoms with Gasteiger partial charge in [0.2, 0.25) is 10.0 Å². The van der Waals surface area contributed by atoms with E-state index in [1.807, 2.05) is 0 Å². The van der Waals surface area contributed by atoms with Gasteiger partial charge in [-0.1, -0.05) is 6.07 Å². The van der Waals surface area contributed by atoms with Crippen LogP contribution in [0.3, 0.4) is 0 Å². The van der Waals surface area contributed by atoms with Crippen molar-refractivity contribution in [2.45, 2.75) is 31.2 Å². The summed E-state index contributed by atoms with van der Waals surface area (Å²) in [5, 5.41) is 0. The van der Waals surface area contributed by atoms with E-state index in [2.05, 4.69) is 4.72 Å². The number of aryl methyl sites for hydroxylation is 1. The van der Waals surface area contributed by atoms with E-state index >= 15 is 0 Å². The van der Waals surface area contributed by atoms with Crippen molar-refractivity contribution in [2.75, 3.05) is 17.2 Å². The van der Waals surface area contributed by atoms with Crippen LogP contribution in [-0.4, -0.2) is 34.4 Å². The van der Waals surface area contributed by atoms with Gasteiger partial charge in [-0.25, -0.2) is 21.6 Å². The van der Waals surface area contributed by atoms with Crippen LogP contribution >= 0.6 is 0 Å². The van der Waals surface area contributed by atoms with E-state index in [1.165, 1.54) is 0 Å². The Morgan fingerprint density at radius 1 is 1.30 bits per heavy atom. The topological polar surface area (TPSA) is 106 Å². The molecule has 2 rings (SSSR count). The Morgan fingerprint density at radius 3 is 2.50 bits per heavy atom. The van der Waals surface area contributed by atoms with Crippen molar-refractivity contribution in [3.05, 3.63) is 23.3 Å². The van der Waals surface area contributed by atoms with Gasteiger partial charge in [-0.2, -0.15) is 0 Å². The number of nitrogen functional groups attached to an aromatic ring is 1. The summed E-state index contributed by atoms with van der Waals surface area (Å²) in [6.45, 7) is 3.49. The van der Waals surface area contributed by atoms with Crippen LogP contribution in [-0.2, 0) is 19.9 Å². The standard InChI is InChI=1S/C12H18N2O4S2/c1-8-3-4-11(13)12(9(8)2)20(17,18)14-10-5-6-19(15,16)7-10/h3-4,10,14H,5-7,13H2,1-2H3. The predicted octanol–water partition coefficient (Wildman–Crippen LogP) is 0.351. The van der Waals surface area contributed by atoms with Gasteiger partial charge in [0, 0.05) is 6.04 Å². The number of nitrogens with two attached hydrogens (primary N) is 1. The molecule has 1 aromatic rings. The van der Waals surface area contributed by atoms with Crippen LogP contribution in [0.2, 0.25) is 0 Å². The summed E-state index contributed by atoms with van der Waals surface area (Å²) in [4.78, 5) is 0.0433. The molecule has 0 spiro atoms. The molecule has 1 fully saturated rings. The number of hydrogen-bond acceptors (Lipinski definition) is 5. The third-order valence-corrected chi connectivity index (χ3v) is 7.02. The minimum absolute atomic E-state index is 0.0163. The molecular weight excluding hydrogens is 300 g/mol. The van der Waals surface area contributed by atoms with Gasteiger partial charge in [0.1, 0.15) is 4.90 Å². The van der Waals surface area contributed by atoms with Crippen molar-refractivity contribution in [2.24, 2.45) is 0 Å². The molecule has 112 valence electrons. The molecule has 0 amide bonds. The number of anilines is 1. The van der Waals surface area contributed by atoms with Gasteiger partial charge in [-0.05, 0) is 37.5 Å². The number of benzene rings is 1. The first-order chi connectivity index (χ1) is 9.12. The molecule has 1 heterocycles. The fourth-order valence-corrected chi connectivity index (χ4v) is 5.81. The first-order valence-corrected chi connectivity index (χ1v) is 9.51. The quantitative estimate of drug-likeness (QED) is 0.782. The molecule has 1 saturated heterocycles. The molecule has 1 unspecified atom stereocenters. The fraction of sp³-hybridized carbons (Fsp3) is 0.500. The maximum absolute atomic E-state index is 12.4. The second kappa shape index (κ2) is 5.01. The summed E-state index contributed by atoms with van der Waals surface area (Å²) >= 11 is 0. The minimum atomic E-state index is -3.82. The molecule has 1 aromatic carbocycles. The van der Waals surface area contributed by atoms with E-state index in [4.69, 9.17) is 5.73 Å². The van der Waals surface area contributed by atoms with Crippen molar-refractivity contribution in [1.29, 1.82) is 0 Å². The lowest BCUT2D eigenvalue weighted by atomic mass is 10.1. The van der Waals surface area contributed by atoms with Crippen LogP contribution in [0.1, 0.15) is 17.5 Å². The maximum atomic E-state index is 12.4. The van der Waals surface area contributed by atoms with Crippen molar-refractivity contribution in [1.82, 2.24) is 4.72 Å². The Hall–Kier alpha value is -1.12. The number of rotatable bonds is 3. The summed E-state index contributed by atoms with van der Waals surface area (Å²) in [6.07, 6.45) is 0.298. The number of sulfone groups is 1. The zero-order valence-corrected chi connectivity index (χ0v) is 13.0. The SMILES string of the molecule is Cc1ccc(N)c(S(=O)(=O)NC2CCS(=O)(=O)C2)c1C. The van der Waals surface area contributed by atoms with E-state index < -0.39 is 25.9 Å². The summed E-state index contributed by atoms with van der Waals surface area (Å²) in [5.41, 5.74) is 7.33. The van der Waals surface area contributed by atoms with E-state index in [0.29, 0.717) is 12.0 Å². The van der Waals surface area contributed by atoms with Crippen LogP contribution in [0.25, 0.3) is 0 Å². The molecule has 0 saturated carbocycles. The van der Waals surface area contributed by atoms with Crippen LogP contribution < -0.4 is 10.5 Å². The number of sulfonamides is 1. The molecule has 0 bridgehead atoms. The second-order valence-electron chi connectivity index (χ2n) is 5.15. The molecule has 1 aliphatic heterocycles. The third-order valence-electron chi connectivity index (χ3n) is 3.53. The zero-order chi connectivity index (χ0) is 15.1. The molecule has 0 aliphatic carbocycles. The van der Waals surface area contributed by atoms with Gasteiger partial charge in [-0.3, -0.25) is 0 Å². The number of nitrogens with one attached hydrogen (secondary N) is 1. The predicted molar refractivity (Wildman–Crippen MR) is 77.7 cm³/mol. The van der Waals surface area contributed by atoms with Gasteiger partial charge >= 0.3 is 0 Å². The lowest BCUT2D eigenvalue weighted by Gasteiger charge is -2.16. The van der Waals surface area contributed by atoms with E-state index in [0.717, 1.165) is 5.56 Å². The summed E-state index contributed by atoms with van der Waals surface area (Å²) in [6, 6.07) is 2.72. The van der Waals surface area contributed by atoms with Crippen LogP contribution in [0.4, 0.5) is 5.69 Å². The molecule has 0 radical (unpaired) electrons. The van der Waals surface area contributed by atoms with Crippen molar-refractivity contribution < 1.29 is 16.8 Å². The summed E-state index contributed by atoms with van der Waals surface area (Å²) in [5.74, 6) is -0.139. The highest BCUT2D eigenvalue weighted by Gasteiger charge is 2.32. The van der Waals surface area contributed by atoms with E-state index in [9.17, 15) is 16.8 Å². The third kappa shape index (κ3) is 2.97. The van der Waals surface area contributed by atoms with E-state index in [1.54, 1.807) is 26.0 Å². The van der Waals surface area contributed by atoms with Crippen molar-refractivity contribution >= 4 is 25.5 Å². The van der Waals surface area contributed by atoms with Gasteiger partial charge in [0.05, 0.1) is 17.2 Å².